The smallest absolute Gasteiger partial charge is 0.276 e. The van der Waals surface area contributed by atoms with Gasteiger partial charge in [-0.2, -0.15) is 5.10 Å². The third-order valence-electron chi connectivity index (χ3n) is 2.66. The maximum Gasteiger partial charge on any atom is 0.276 e. The van der Waals surface area contributed by atoms with E-state index in [2.05, 4.69) is 15.6 Å². The largest absolute Gasteiger partial charge is 0.411 e. The molecule has 6 nitrogen and oxygen atoms in total. The summed E-state index contributed by atoms with van der Waals surface area (Å²) in [5.74, 6) is -0.307. The predicted molar refractivity (Wildman–Crippen MR) is 71.6 cm³/mol. The van der Waals surface area contributed by atoms with Gasteiger partial charge in [0.25, 0.3) is 5.91 Å². The summed E-state index contributed by atoms with van der Waals surface area (Å²) >= 11 is 0. The van der Waals surface area contributed by atoms with Crippen LogP contribution >= 0.6 is 0 Å². The number of para-hydroxylation sites is 1. The SMILES string of the molecule is C/C(=N/O)c1ccccc1NC(=O)c1ccn(C)n1. The Kier molecular flexibility index (Phi) is 3.61. The Hall–Kier alpha value is -2.63. The molecule has 0 radical (unpaired) electrons. The van der Waals surface area contributed by atoms with E-state index in [0.29, 0.717) is 22.7 Å². The Morgan fingerprint density at radius 3 is 2.74 bits per heavy atom. The molecule has 0 fully saturated rings. The number of carbonyl (C=O) groups excluding carboxylic acids is 1. The van der Waals surface area contributed by atoms with Gasteiger partial charge in [0, 0.05) is 18.8 Å². The van der Waals surface area contributed by atoms with Crippen LogP contribution in [0, 0.1) is 0 Å². The van der Waals surface area contributed by atoms with Crippen molar-refractivity contribution < 1.29 is 10.0 Å². The predicted octanol–water partition coefficient (Wildman–Crippen LogP) is 1.87. The highest BCUT2D eigenvalue weighted by Gasteiger charge is 2.12. The second-order valence-corrected chi connectivity index (χ2v) is 4.06. The number of rotatable bonds is 3. The van der Waals surface area contributed by atoms with E-state index in [1.807, 2.05) is 0 Å². The van der Waals surface area contributed by atoms with Crippen LogP contribution in [-0.2, 0) is 7.05 Å². The summed E-state index contributed by atoms with van der Waals surface area (Å²) in [6, 6.07) is 8.74. The number of carbonyl (C=O) groups is 1. The van der Waals surface area contributed by atoms with Crippen molar-refractivity contribution in [3.8, 4) is 0 Å². The Balaban J connectivity index is 2.27. The third kappa shape index (κ3) is 2.79. The molecule has 6 heteroatoms. The van der Waals surface area contributed by atoms with Crippen LogP contribution < -0.4 is 5.32 Å². The topological polar surface area (TPSA) is 79.5 Å². The zero-order chi connectivity index (χ0) is 13.8. The van der Waals surface area contributed by atoms with Crippen molar-refractivity contribution in [3.63, 3.8) is 0 Å². The van der Waals surface area contributed by atoms with Gasteiger partial charge in [-0.3, -0.25) is 9.48 Å². The first-order chi connectivity index (χ1) is 9.11. The lowest BCUT2D eigenvalue weighted by Gasteiger charge is -2.08. The van der Waals surface area contributed by atoms with E-state index in [-0.39, 0.29) is 5.91 Å². The summed E-state index contributed by atoms with van der Waals surface area (Å²) in [4.78, 5) is 12.0. The lowest BCUT2D eigenvalue weighted by atomic mass is 10.1. The number of nitrogens with zero attached hydrogens (tertiary/aromatic N) is 3. The van der Waals surface area contributed by atoms with E-state index in [1.54, 1.807) is 55.2 Å². The average Bonchev–Trinajstić information content (AvgIpc) is 2.85. The Labute approximate surface area is 110 Å². The standard InChI is InChI=1S/C13H14N4O2/c1-9(16-19)10-5-3-4-6-11(10)14-13(18)12-7-8-17(2)15-12/h3-8,19H,1-2H3,(H,14,18)/b16-9-. The molecule has 0 spiro atoms. The molecule has 0 aliphatic carbocycles. The van der Waals surface area contributed by atoms with Gasteiger partial charge in [-0.05, 0) is 19.1 Å². The molecule has 1 amide bonds. The van der Waals surface area contributed by atoms with Gasteiger partial charge in [-0.15, -0.1) is 0 Å². The van der Waals surface area contributed by atoms with E-state index in [0.717, 1.165) is 0 Å². The number of hydrogen-bond donors (Lipinski definition) is 2. The second-order valence-electron chi connectivity index (χ2n) is 4.06. The number of hydrogen-bond acceptors (Lipinski definition) is 4. The van der Waals surface area contributed by atoms with Gasteiger partial charge in [0.1, 0.15) is 0 Å². The van der Waals surface area contributed by atoms with Crippen molar-refractivity contribution in [1.29, 1.82) is 0 Å². The zero-order valence-corrected chi connectivity index (χ0v) is 10.7. The van der Waals surface area contributed by atoms with Crippen molar-refractivity contribution in [2.45, 2.75) is 6.92 Å². The lowest BCUT2D eigenvalue weighted by Crippen LogP contribution is -2.15. The number of aromatic nitrogens is 2. The molecule has 2 rings (SSSR count). The molecule has 19 heavy (non-hydrogen) atoms. The highest BCUT2D eigenvalue weighted by Crippen LogP contribution is 2.16. The number of oxime groups is 1. The van der Waals surface area contributed by atoms with Crippen molar-refractivity contribution in [1.82, 2.24) is 9.78 Å². The monoisotopic (exact) mass is 258 g/mol. The van der Waals surface area contributed by atoms with Crippen LogP contribution in [0.2, 0.25) is 0 Å². The molecule has 1 heterocycles. The molecule has 2 N–H and O–H groups in total. The summed E-state index contributed by atoms with van der Waals surface area (Å²) in [7, 11) is 1.74. The number of anilines is 1. The molecule has 0 saturated carbocycles. The minimum Gasteiger partial charge on any atom is -0.411 e. The molecule has 0 aliphatic heterocycles. The van der Waals surface area contributed by atoms with E-state index in [4.69, 9.17) is 5.21 Å². The molecular weight excluding hydrogens is 244 g/mol. The molecule has 1 aromatic heterocycles. The number of amides is 1. The van der Waals surface area contributed by atoms with E-state index < -0.39 is 0 Å². The molecule has 2 aromatic rings. The van der Waals surface area contributed by atoms with Crippen LogP contribution in [0.1, 0.15) is 23.0 Å². The number of nitrogens with one attached hydrogen (secondary N) is 1. The molecule has 0 atom stereocenters. The Morgan fingerprint density at radius 2 is 2.11 bits per heavy atom. The molecule has 0 bridgehead atoms. The van der Waals surface area contributed by atoms with Crippen molar-refractivity contribution in [2.24, 2.45) is 12.2 Å². The molecule has 98 valence electrons. The Morgan fingerprint density at radius 1 is 1.37 bits per heavy atom. The van der Waals surface area contributed by atoms with Crippen molar-refractivity contribution >= 4 is 17.3 Å². The van der Waals surface area contributed by atoms with Crippen LogP contribution in [0.25, 0.3) is 0 Å². The second kappa shape index (κ2) is 5.34. The third-order valence-corrected chi connectivity index (χ3v) is 2.66. The van der Waals surface area contributed by atoms with E-state index in [1.165, 1.54) is 0 Å². The molecular formula is C13H14N4O2. The van der Waals surface area contributed by atoms with Crippen LogP contribution in [0.3, 0.4) is 0 Å². The molecule has 1 aromatic carbocycles. The maximum absolute atomic E-state index is 12.0. The van der Waals surface area contributed by atoms with E-state index in [9.17, 15) is 4.79 Å². The number of benzene rings is 1. The Bertz CT molecular complexity index is 631. The zero-order valence-electron chi connectivity index (χ0n) is 10.7. The first-order valence-corrected chi connectivity index (χ1v) is 5.71. The van der Waals surface area contributed by atoms with Gasteiger partial charge in [0.15, 0.2) is 5.69 Å². The normalized spacial score (nSPS) is 11.4. The fourth-order valence-electron chi connectivity index (χ4n) is 1.68. The summed E-state index contributed by atoms with van der Waals surface area (Å²) in [5.41, 5.74) is 2.00. The van der Waals surface area contributed by atoms with Crippen LogP contribution in [-0.4, -0.2) is 26.6 Å². The maximum atomic E-state index is 12.0. The summed E-state index contributed by atoms with van der Waals surface area (Å²) in [6.07, 6.45) is 1.70. The highest BCUT2D eigenvalue weighted by molar-refractivity contribution is 6.09. The van der Waals surface area contributed by atoms with Gasteiger partial charge in [-0.25, -0.2) is 0 Å². The van der Waals surface area contributed by atoms with Gasteiger partial charge < -0.3 is 10.5 Å². The molecule has 0 aliphatic rings. The fourth-order valence-corrected chi connectivity index (χ4v) is 1.68. The summed E-state index contributed by atoms with van der Waals surface area (Å²) in [5, 5.41) is 18.8. The van der Waals surface area contributed by atoms with Gasteiger partial charge in [-0.1, -0.05) is 23.4 Å². The first kappa shape index (κ1) is 12.8. The highest BCUT2D eigenvalue weighted by atomic mass is 16.4. The summed E-state index contributed by atoms with van der Waals surface area (Å²) < 4.78 is 1.56. The minimum atomic E-state index is -0.307. The van der Waals surface area contributed by atoms with Crippen LogP contribution in [0.15, 0.2) is 41.7 Å². The average molecular weight is 258 g/mol. The van der Waals surface area contributed by atoms with Crippen molar-refractivity contribution in [3.05, 3.63) is 47.8 Å². The van der Waals surface area contributed by atoms with Gasteiger partial charge >= 0.3 is 0 Å². The minimum absolute atomic E-state index is 0.307. The van der Waals surface area contributed by atoms with Gasteiger partial charge in [0.2, 0.25) is 0 Å². The van der Waals surface area contributed by atoms with Crippen LogP contribution in [0.4, 0.5) is 5.69 Å². The first-order valence-electron chi connectivity index (χ1n) is 5.71. The molecule has 0 unspecified atom stereocenters. The van der Waals surface area contributed by atoms with Crippen LogP contribution in [0.5, 0.6) is 0 Å². The van der Waals surface area contributed by atoms with E-state index >= 15 is 0 Å². The fraction of sp³-hybridized carbons (Fsp3) is 0.154. The van der Waals surface area contributed by atoms with Gasteiger partial charge in [0.05, 0.1) is 11.4 Å². The van der Waals surface area contributed by atoms with Crippen molar-refractivity contribution in [2.75, 3.05) is 5.32 Å². The lowest BCUT2D eigenvalue weighted by molar-refractivity contribution is 0.102. The quantitative estimate of drug-likeness (QED) is 0.501. The molecule has 0 saturated heterocycles. The summed E-state index contributed by atoms with van der Waals surface area (Å²) in [6.45, 7) is 1.66. The number of aryl methyl sites for hydroxylation is 1.